The normalized spacial score (nSPS) is 12.5. The molecule has 4 heteroatoms. The summed E-state index contributed by atoms with van der Waals surface area (Å²) in [5.74, 6) is 0. The Bertz CT molecular complexity index is 626. The van der Waals surface area contributed by atoms with E-state index in [0.717, 1.165) is 31.2 Å². The first kappa shape index (κ1) is 15.0. The lowest BCUT2D eigenvalue weighted by atomic mass is 9.99. The van der Waals surface area contributed by atoms with Gasteiger partial charge in [0, 0.05) is 19.5 Å². The van der Waals surface area contributed by atoms with E-state index >= 15 is 0 Å². The van der Waals surface area contributed by atoms with Gasteiger partial charge in [0.15, 0.2) is 0 Å². The molecule has 2 aromatic rings. The fraction of sp³-hybridized carbons (Fsp3) is 0.200. The number of rotatable bonds is 2. The van der Waals surface area contributed by atoms with Gasteiger partial charge < -0.3 is 5.11 Å². The van der Waals surface area contributed by atoms with E-state index in [1.165, 1.54) is 0 Å². The van der Waals surface area contributed by atoms with E-state index < -0.39 is 6.10 Å². The van der Waals surface area contributed by atoms with Gasteiger partial charge in [0.2, 0.25) is 0 Å². The summed E-state index contributed by atoms with van der Waals surface area (Å²) >= 11 is 13.0. The van der Waals surface area contributed by atoms with Gasteiger partial charge in [0.1, 0.15) is 6.10 Å². The Kier molecular flexibility index (Phi) is 4.72. The second kappa shape index (κ2) is 5.96. The predicted octanol–water partition coefficient (Wildman–Crippen LogP) is 5.56. The summed E-state index contributed by atoms with van der Waals surface area (Å²) in [6.07, 6.45) is -0.678. The second-order valence-electron chi connectivity index (χ2n) is 4.53. The molecule has 0 aliphatic rings. The highest BCUT2D eigenvalue weighted by molar-refractivity contribution is 9.11. The van der Waals surface area contributed by atoms with Gasteiger partial charge in [-0.2, -0.15) is 0 Å². The lowest BCUT2D eigenvalue weighted by Gasteiger charge is -2.16. The molecule has 0 aromatic heterocycles. The molecule has 0 aliphatic carbocycles. The maximum Gasteiger partial charge on any atom is 0.105 e. The van der Waals surface area contributed by atoms with Crippen molar-refractivity contribution in [1.29, 1.82) is 0 Å². The summed E-state index contributed by atoms with van der Waals surface area (Å²) in [5, 5.41) is 11.2. The molecular formula is C15H13Br2ClO. The SMILES string of the molecule is Cc1cc(C(O)c2cc(Br)c(C)cc2Br)ccc1Cl. The number of aliphatic hydroxyl groups excluding tert-OH is 1. The molecule has 0 radical (unpaired) electrons. The van der Waals surface area contributed by atoms with Crippen LogP contribution in [0.15, 0.2) is 39.3 Å². The van der Waals surface area contributed by atoms with Crippen LogP contribution in [0.3, 0.4) is 0 Å². The van der Waals surface area contributed by atoms with Crippen molar-refractivity contribution in [3.05, 3.63) is 66.6 Å². The van der Waals surface area contributed by atoms with Crippen LogP contribution in [0.1, 0.15) is 28.4 Å². The minimum atomic E-state index is -0.678. The molecule has 2 aromatic carbocycles. The van der Waals surface area contributed by atoms with E-state index in [-0.39, 0.29) is 0 Å². The number of aryl methyl sites for hydroxylation is 2. The summed E-state index contributed by atoms with van der Waals surface area (Å²) in [7, 11) is 0. The van der Waals surface area contributed by atoms with E-state index in [0.29, 0.717) is 5.02 Å². The molecule has 0 bridgehead atoms. The van der Waals surface area contributed by atoms with Gasteiger partial charge in [-0.1, -0.05) is 55.6 Å². The van der Waals surface area contributed by atoms with Crippen molar-refractivity contribution >= 4 is 43.5 Å². The van der Waals surface area contributed by atoms with E-state index in [4.69, 9.17) is 11.6 Å². The average Bonchev–Trinajstić information content (AvgIpc) is 2.36. The Hall–Kier alpha value is -0.350. The Morgan fingerprint density at radius 3 is 2.32 bits per heavy atom. The molecule has 1 nitrogen and oxygen atoms in total. The molecule has 0 amide bonds. The highest BCUT2D eigenvalue weighted by Gasteiger charge is 2.16. The molecule has 0 spiro atoms. The highest BCUT2D eigenvalue weighted by Crippen LogP contribution is 2.33. The number of aliphatic hydroxyl groups is 1. The van der Waals surface area contributed by atoms with Crippen LogP contribution in [0.5, 0.6) is 0 Å². The molecule has 1 atom stereocenters. The van der Waals surface area contributed by atoms with E-state index in [1.807, 2.05) is 44.2 Å². The minimum absolute atomic E-state index is 0.678. The molecule has 0 heterocycles. The predicted molar refractivity (Wildman–Crippen MR) is 86.8 cm³/mol. The lowest BCUT2D eigenvalue weighted by Crippen LogP contribution is -2.02. The maximum atomic E-state index is 10.5. The smallest absolute Gasteiger partial charge is 0.105 e. The number of hydrogen-bond donors (Lipinski definition) is 1. The molecule has 1 unspecified atom stereocenters. The third-order valence-electron chi connectivity index (χ3n) is 3.07. The first-order valence-electron chi connectivity index (χ1n) is 5.80. The third-order valence-corrected chi connectivity index (χ3v) is 5.04. The van der Waals surface area contributed by atoms with Crippen LogP contribution in [-0.2, 0) is 0 Å². The zero-order chi connectivity index (χ0) is 14.2. The van der Waals surface area contributed by atoms with Crippen molar-refractivity contribution in [1.82, 2.24) is 0 Å². The van der Waals surface area contributed by atoms with Gasteiger partial charge in [0.05, 0.1) is 0 Å². The van der Waals surface area contributed by atoms with Crippen molar-refractivity contribution in [2.75, 3.05) is 0 Å². The third kappa shape index (κ3) is 3.22. The van der Waals surface area contributed by atoms with Crippen LogP contribution < -0.4 is 0 Å². The molecule has 0 aliphatic heterocycles. The second-order valence-corrected chi connectivity index (χ2v) is 6.65. The quantitative estimate of drug-likeness (QED) is 0.694. The maximum absolute atomic E-state index is 10.5. The summed E-state index contributed by atoms with van der Waals surface area (Å²) < 4.78 is 1.88. The molecule has 1 N–H and O–H groups in total. The summed E-state index contributed by atoms with van der Waals surface area (Å²) in [6.45, 7) is 3.94. The van der Waals surface area contributed by atoms with Gasteiger partial charge in [-0.15, -0.1) is 0 Å². The summed E-state index contributed by atoms with van der Waals surface area (Å²) in [6, 6.07) is 9.50. The molecule has 2 rings (SSSR count). The Morgan fingerprint density at radius 1 is 1.00 bits per heavy atom. The molecule has 0 saturated carbocycles. The summed E-state index contributed by atoms with van der Waals surface area (Å²) in [4.78, 5) is 0. The lowest BCUT2D eigenvalue weighted by molar-refractivity contribution is 0.219. The van der Waals surface area contributed by atoms with E-state index in [2.05, 4.69) is 31.9 Å². The van der Waals surface area contributed by atoms with Gasteiger partial charge >= 0.3 is 0 Å². The van der Waals surface area contributed by atoms with Crippen LogP contribution in [0, 0.1) is 13.8 Å². The van der Waals surface area contributed by atoms with Crippen LogP contribution in [0.4, 0.5) is 0 Å². The van der Waals surface area contributed by atoms with Crippen LogP contribution in [0.2, 0.25) is 5.02 Å². The highest BCUT2D eigenvalue weighted by atomic mass is 79.9. The fourth-order valence-electron chi connectivity index (χ4n) is 1.89. The topological polar surface area (TPSA) is 20.2 Å². The zero-order valence-electron chi connectivity index (χ0n) is 10.5. The van der Waals surface area contributed by atoms with Gasteiger partial charge in [-0.05, 0) is 48.7 Å². The number of hydrogen-bond acceptors (Lipinski definition) is 1. The van der Waals surface area contributed by atoms with Crippen molar-refractivity contribution in [2.24, 2.45) is 0 Å². The molecule has 0 saturated heterocycles. The van der Waals surface area contributed by atoms with Gasteiger partial charge in [0.25, 0.3) is 0 Å². The number of halogens is 3. The molecule has 100 valence electrons. The van der Waals surface area contributed by atoms with Crippen LogP contribution >= 0.6 is 43.5 Å². The van der Waals surface area contributed by atoms with Crippen molar-refractivity contribution < 1.29 is 5.11 Å². The monoisotopic (exact) mass is 402 g/mol. The summed E-state index contributed by atoms with van der Waals surface area (Å²) in [5.41, 5.74) is 3.74. The average molecular weight is 405 g/mol. The Balaban J connectivity index is 2.46. The van der Waals surface area contributed by atoms with Crippen molar-refractivity contribution in [3.63, 3.8) is 0 Å². The van der Waals surface area contributed by atoms with E-state index in [1.54, 1.807) is 0 Å². The van der Waals surface area contributed by atoms with Crippen molar-refractivity contribution in [2.45, 2.75) is 20.0 Å². The van der Waals surface area contributed by atoms with Gasteiger partial charge in [-0.3, -0.25) is 0 Å². The van der Waals surface area contributed by atoms with Crippen LogP contribution in [-0.4, -0.2) is 5.11 Å². The first-order valence-corrected chi connectivity index (χ1v) is 7.76. The van der Waals surface area contributed by atoms with Crippen molar-refractivity contribution in [3.8, 4) is 0 Å². The minimum Gasteiger partial charge on any atom is -0.384 e. The standard InChI is InChI=1S/C15H13Br2ClO/c1-8-6-13(17)11(7-12(8)16)15(19)10-3-4-14(18)9(2)5-10/h3-7,15,19H,1-2H3. The molecule has 0 fully saturated rings. The van der Waals surface area contributed by atoms with E-state index in [9.17, 15) is 5.11 Å². The zero-order valence-corrected chi connectivity index (χ0v) is 14.5. The molecule has 19 heavy (non-hydrogen) atoms. The first-order chi connectivity index (χ1) is 8.90. The fourth-order valence-corrected chi connectivity index (χ4v) is 3.04. The number of benzene rings is 2. The molecular weight excluding hydrogens is 391 g/mol. The Labute approximate surface area is 134 Å². The van der Waals surface area contributed by atoms with Crippen LogP contribution in [0.25, 0.3) is 0 Å². The Morgan fingerprint density at radius 2 is 1.68 bits per heavy atom. The largest absolute Gasteiger partial charge is 0.384 e. The van der Waals surface area contributed by atoms with Gasteiger partial charge in [-0.25, -0.2) is 0 Å².